The second kappa shape index (κ2) is 31.6. The van der Waals surface area contributed by atoms with Gasteiger partial charge in [-0.25, -0.2) is 39.9 Å². The van der Waals surface area contributed by atoms with Gasteiger partial charge in [-0.15, -0.1) is 0 Å². The summed E-state index contributed by atoms with van der Waals surface area (Å²) in [4.78, 5) is 96.3. The van der Waals surface area contributed by atoms with Gasteiger partial charge in [0.25, 0.3) is 23.6 Å². The predicted molar refractivity (Wildman–Crippen MR) is 450 cm³/mol. The Labute approximate surface area is 696 Å². The highest BCUT2D eigenvalue weighted by atomic mass is 16.5. The lowest BCUT2D eigenvalue weighted by Crippen LogP contribution is -2.67. The van der Waals surface area contributed by atoms with Crippen molar-refractivity contribution in [1.29, 1.82) is 0 Å². The zero-order chi connectivity index (χ0) is 88.6. The van der Waals surface area contributed by atoms with E-state index in [1.807, 2.05) is 186 Å². The van der Waals surface area contributed by atoms with Crippen LogP contribution in [-0.2, 0) is 14.2 Å². The molecule has 29 nitrogen and oxygen atoms in total. The summed E-state index contributed by atoms with van der Waals surface area (Å²) >= 11 is 0. The number of nitrogens with one attached hydrogen (secondary N) is 1. The molecular formula is C90H94N18O11. The van der Waals surface area contributed by atoms with E-state index in [1.54, 1.807) is 62.0 Å². The third-order valence-electron chi connectivity index (χ3n) is 21.7. The first-order chi connectivity index (χ1) is 59.8. The third kappa shape index (κ3) is 15.9. The number of carbonyl (C=O) groups excluding carboxylic acids is 4. The van der Waals surface area contributed by atoms with Crippen LogP contribution in [0.25, 0.3) is 111 Å². The molecule has 0 radical (unpaired) electrons. The number of aromatic nitrogens is 12. The summed E-state index contributed by atoms with van der Waals surface area (Å²) in [5, 5.41) is 3.55. The van der Waals surface area contributed by atoms with Crippen LogP contribution < -0.4 is 5.32 Å². The summed E-state index contributed by atoms with van der Waals surface area (Å²) in [7, 11) is 0. The molecule has 610 valence electrons. The largest absolute Gasteiger partial charge is 0.441 e. The number of benzene rings is 4. The molecule has 119 heavy (non-hydrogen) atoms. The lowest BCUT2D eigenvalue weighted by atomic mass is 9.98. The quantitative estimate of drug-likeness (QED) is 0.140. The first-order valence-corrected chi connectivity index (χ1v) is 38.9. The lowest BCUT2D eigenvalue weighted by molar-refractivity contribution is -0.0765. The first kappa shape index (κ1) is 69.3. The average molecular weight is 1610 g/mol. The lowest BCUT2D eigenvalue weighted by Gasteiger charge is -2.50. The maximum atomic E-state index is 13.5. The van der Waals surface area contributed by atoms with E-state index in [0.29, 0.717) is 103 Å². The number of hydrogen-bond acceptors (Lipinski definition) is 21. The SMILES string of the molecule is C.Cc1nc2cc(-c3ccc4ncc(C(=O)N5CC(N6CCNC(C)(C)C6)C5)n4c3)ccc2o1.Cc1nc2cc(-c3ccc4ncc(C(=O)N5CCOC(C)(C)C5)n4c3)ccc2o1.Cc1nc2cc(-c3ccc4ncc(C(=O)N5CCOCC5(C)C)n4c3)ccc2o1.[2H]C1([2H])OC([2H])([2H])C([2H])([2H])N(C(=O)c2cnc3ccc(-c4ccc5oc(C)nc5c4)cn23)C1([2H])[2H]. The van der Waals surface area contributed by atoms with Crippen LogP contribution in [0.2, 0.25) is 0 Å². The number of rotatable bonds is 9. The Bertz CT molecular complexity index is 6970. The summed E-state index contributed by atoms with van der Waals surface area (Å²) < 4.78 is 109. The fourth-order valence-corrected chi connectivity index (χ4v) is 15.8. The molecule has 0 unspecified atom stereocenters. The van der Waals surface area contributed by atoms with Crippen LogP contribution in [0, 0.1) is 27.7 Å². The van der Waals surface area contributed by atoms with Gasteiger partial charge in [0, 0.05) is 129 Å². The Morgan fingerprint density at radius 3 is 1.18 bits per heavy atom. The van der Waals surface area contributed by atoms with Crippen molar-refractivity contribution >= 4 is 90.6 Å². The zero-order valence-electron chi connectivity index (χ0n) is 74.6. The summed E-state index contributed by atoms with van der Waals surface area (Å²) in [6, 6.07) is 38.7. The average Bonchev–Trinajstić information content (AvgIpc) is 1.35. The van der Waals surface area contributed by atoms with Crippen molar-refractivity contribution in [1.82, 2.24) is 87.3 Å². The molecule has 21 rings (SSSR count). The Balaban J connectivity index is 0.000000119. The number of oxazole rings is 4. The van der Waals surface area contributed by atoms with Crippen molar-refractivity contribution in [3.63, 3.8) is 0 Å². The number of likely N-dealkylation sites (tertiary alicyclic amines) is 1. The molecule has 0 atom stereocenters. The molecule has 5 saturated heterocycles. The Hall–Kier alpha value is -12.8. The molecule has 17 heterocycles. The number of aryl methyl sites for hydroxylation is 4. The van der Waals surface area contributed by atoms with Gasteiger partial charge in [0.1, 0.15) is 67.4 Å². The molecular weight excluding hydrogens is 1510 g/mol. The van der Waals surface area contributed by atoms with Crippen molar-refractivity contribution in [2.45, 2.75) is 99.4 Å². The van der Waals surface area contributed by atoms with Gasteiger partial charge in [-0.05, 0) is 183 Å². The molecule has 5 aliphatic heterocycles. The van der Waals surface area contributed by atoms with E-state index in [2.05, 4.69) is 68.7 Å². The summed E-state index contributed by atoms with van der Waals surface area (Å²) in [6.45, 7) is 14.3. The van der Waals surface area contributed by atoms with Crippen molar-refractivity contribution < 1.29 is 62.0 Å². The summed E-state index contributed by atoms with van der Waals surface area (Å²) in [6.07, 6.45) is 13.5. The van der Waals surface area contributed by atoms with Gasteiger partial charge in [-0.3, -0.25) is 41.7 Å². The van der Waals surface area contributed by atoms with Gasteiger partial charge < -0.3 is 56.8 Å². The van der Waals surface area contributed by atoms with Gasteiger partial charge in [0.05, 0.1) is 79.8 Å². The Morgan fingerprint density at radius 2 is 0.798 bits per heavy atom. The van der Waals surface area contributed by atoms with Gasteiger partial charge in [-0.2, -0.15) is 0 Å². The number of carbonyl (C=O) groups is 4. The third-order valence-corrected chi connectivity index (χ3v) is 21.7. The van der Waals surface area contributed by atoms with Crippen molar-refractivity contribution in [2.24, 2.45) is 0 Å². The number of hydrogen-bond donors (Lipinski definition) is 1. The molecule has 4 amide bonds. The van der Waals surface area contributed by atoms with Crippen molar-refractivity contribution in [3.8, 4) is 44.5 Å². The fourth-order valence-electron chi connectivity index (χ4n) is 15.8. The zero-order valence-corrected chi connectivity index (χ0v) is 66.6. The maximum absolute atomic E-state index is 13.5. The van der Waals surface area contributed by atoms with Crippen LogP contribution in [0.5, 0.6) is 0 Å². The van der Waals surface area contributed by atoms with Gasteiger partial charge in [0.15, 0.2) is 45.9 Å². The fraction of sp³-hybridized carbons (Fsp3) is 0.333. The second-order valence-corrected chi connectivity index (χ2v) is 31.8. The molecule has 0 bridgehead atoms. The smallest absolute Gasteiger partial charge is 0.273 e. The van der Waals surface area contributed by atoms with E-state index in [0.717, 1.165) is 128 Å². The number of imidazole rings is 4. The van der Waals surface area contributed by atoms with E-state index in [4.69, 9.17) is 38.1 Å². The maximum Gasteiger partial charge on any atom is 0.273 e. The molecule has 5 aliphatic rings. The minimum atomic E-state index is -3.35. The van der Waals surface area contributed by atoms with Gasteiger partial charge in [-0.1, -0.05) is 31.7 Å². The molecule has 12 aromatic heterocycles. The predicted octanol–water partition coefficient (Wildman–Crippen LogP) is 13.9. The normalized spacial score (nSPS) is 19.5. The van der Waals surface area contributed by atoms with Crippen molar-refractivity contribution in [2.75, 3.05) is 98.3 Å². The highest BCUT2D eigenvalue weighted by Crippen LogP contribution is 2.34. The minimum Gasteiger partial charge on any atom is -0.441 e. The van der Waals surface area contributed by atoms with E-state index in [-0.39, 0.29) is 58.1 Å². The van der Waals surface area contributed by atoms with E-state index in [9.17, 15) is 19.2 Å². The molecule has 0 spiro atoms. The number of amides is 4. The molecule has 16 aromatic rings. The first-order valence-electron chi connectivity index (χ1n) is 42.9. The van der Waals surface area contributed by atoms with E-state index in [1.165, 1.54) is 4.40 Å². The molecule has 4 aromatic carbocycles. The van der Waals surface area contributed by atoms with E-state index >= 15 is 0 Å². The molecule has 29 heteroatoms. The van der Waals surface area contributed by atoms with Crippen LogP contribution in [0.15, 0.2) is 189 Å². The van der Waals surface area contributed by atoms with Crippen LogP contribution in [0.1, 0.15) is 125 Å². The number of fused-ring (bicyclic) bond motifs is 8. The highest BCUT2D eigenvalue weighted by molar-refractivity contribution is 5.97. The Kier molecular flexibility index (Phi) is 18.4. The Morgan fingerprint density at radius 1 is 0.429 bits per heavy atom. The monoisotopic (exact) mass is 1610 g/mol. The number of nitrogens with zero attached hydrogens (tertiary/aromatic N) is 17. The standard InChI is InChI=1S/C25H28N6O2.2C22H22N4O3.C20H18N4O3.CH4/c1-16-28-20-10-17(4-6-22(20)33-16)18-5-7-23-26-11-21(31(23)12-18)24(32)30-13-19(14-30)29-9-8-27-25(2,3)15-29;1-14-24-17-10-15(4-6-19(17)29-14)16-5-7-20-23-11-18(25(20)12-16)21(27)26-8-9-28-13-22(26,2)3;1-14-24-17-10-15(4-6-19(17)29-14)16-5-7-20-23-11-18(26(20)12-16)21(27)25-8-9-28-22(2,3)13-25;1-13-22-16-10-14(2-4-18(16)27-13)15-3-5-19-21-11-17(24(19)12-15)20(25)23-6-8-26-9-7-23;/h4-7,10-12,19,27H,8-9,13-15H2,1-3H3;2*4-7,10-12H,8-9,13H2,1-3H3;2-5,10-12H,6-9H2,1H3;1H4/i;;;6D2,7D2,8D2,9D2;. The molecule has 1 N–H and O–H groups in total. The van der Waals surface area contributed by atoms with Crippen LogP contribution >= 0.6 is 0 Å². The van der Waals surface area contributed by atoms with Crippen molar-refractivity contribution in [3.05, 3.63) is 217 Å². The highest BCUT2D eigenvalue weighted by Gasteiger charge is 2.41. The molecule has 5 fully saturated rings. The minimum absolute atomic E-state index is 0. The van der Waals surface area contributed by atoms with Gasteiger partial charge in [0.2, 0.25) is 0 Å². The van der Waals surface area contributed by atoms with Gasteiger partial charge >= 0.3 is 0 Å². The molecule has 0 aliphatic carbocycles. The number of piperazine rings is 1. The molecule has 0 saturated carbocycles. The number of morpholine rings is 3. The second-order valence-electron chi connectivity index (χ2n) is 31.8. The van der Waals surface area contributed by atoms with Crippen LogP contribution in [-0.4, -0.2) is 227 Å². The van der Waals surface area contributed by atoms with Crippen LogP contribution in [0.3, 0.4) is 0 Å². The van der Waals surface area contributed by atoms with E-state index < -0.39 is 32.0 Å². The van der Waals surface area contributed by atoms with Crippen LogP contribution in [0.4, 0.5) is 0 Å². The summed E-state index contributed by atoms with van der Waals surface area (Å²) in [5.41, 5.74) is 16.7. The summed E-state index contributed by atoms with van der Waals surface area (Å²) in [5.74, 6) is 1.10. The topological polar surface area (TPSA) is 298 Å². The number of pyridine rings is 4. The number of ether oxygens (including phenoxy) is 3.